The first-order valence-corrected chi connectivity index (χ1v) is 6.14. The van der Waals surface area contributed by atoms with Crippen LogP contribution < -0.4 is 0 Å². The second-order valence-corrected chi connectivity index (χ2v) is 4.91. The molecule has 6 nitrogen and oxygen atoms in total. The lowest BCUT2D eigenvalue weighted by Crippen LogP contribution is -2.36. The summed E-state index contributed by atoms with van der Waals surface area (Å²) in [5.74, 6) is 0.639. The van der Waals surface area contributed by atoms with Crippen molar-refractivity contribution in [1.29, 1.82) is 0 Å². The average Bonchev–Trinajstić information content (AvgIpc) is 2.81. The van der Waals surface area contributed by atoms with E-state index in [2.05, 4.69) is 16.8 Å². The normalized spacial score (nSPS) is 17.8. The van der Waals surface area contributed by atoms with Crippen LogP contribution in [0.15, 0.2) is 12.3 Å². The quantitative estimate of drug-likeness (QED) is 0.503. The molecule has 1 fully saturated rings. The minimum atomic E-state index is -0.504. The highest BCUT2D eigenvalue weighted by atomic mass is 16.6. The summed E-state index contributed by atoms with van der Waals surface area (Å²) in [4.78, 5) is 26.7. The summed E-state index contributed by atoms with van der Waals surface area (Å²) in [5.41, 5.74) is 0.255. The van der Waals surface area contributed by atoms with E-state index >= 15 is 0 Å². The number of ketones is 1. The number of nitrogens with one attached hydrogen (secondary N) is 1. The maximum absolute atomic E-state index is 11.9. The molecule has 0 unspecified atom stereocenters. The molecule has 2 heterocycles. The largest absolute Gasteiger partial charge is 0.353 e. The molecule has 0 saturated carbocycles. The van der Waals surface area contributed by atoms with Crippen LogP contribution in [-0.2, 0) is 0 Å². The summed E-state index contributed by atoms with van der Waals surface area (Å²) in [6.07, 6.45) is 3.47. The smallest absolute Gasteiger partial charge is 0.287 e. The molecule has 6 heteroatoms. The average molecular weight is 251 g/mol. The number of hydrogen-bond acceptors (Lipinski definition) is 4. The van der Waals surface area contributed by atoms with E-state index in [-0.39, 0.29) is 11.5 Å². The van der Waals surface area contributed by atoms with Crippen molar-refractivity contribution in [3.05, 3.63) is 28.1 Å². The van der Waals surface area contributed by atoms with Crippen LogP contribution in [0.25, 0.3) is 0 Å². The lowest BCUT2D eigenvalue weighted by molar-refractivity contribution is -0.384. The third kappa shape index (κ3) is 2.95. The minimum Gasteiger partial charge on any atom is -0.353 e. The van der Waals surface area contributed by atoms with Gasteiger partial charge in [-0.25, -0.2) is 0 Å². The first kappa shape index (κ1) is 12.8. The number of aromatic amines is 1. The summed E-state index contributed by atoms with van der Waals surface area (Å²) < 4.78 is 0. The topological polar surface area (TPSA) is 79.2 Å². The van der Waals surface area contributed by atoms with E-state index in [1.165, 1.54) is 12.3 Å². The molecule has 1 N–H and O–H groups in total. The highest BCUT2D eigenvalue weighted by Gasteiger charge is 2.20. The van der Waals surface area contributed by atoms with Gasteiger partial charge in [0.05, 0.1) is 23.4 Å². The zero-order valence-electron chi connectivity index (χ0n) is 10.4. The van der Waals surface area contributed by atoms with Crippen LogP contribution in [0.5, 0.6) is 0 Å². The molecule has 0 aromatic carbocycles. The Balaban J connectivity index is 1.93. The Bertz CT molecular complexity index is 447. The molecule has 1 aliphatic heterocycles. The third-order valence-corrected chi connectivity index (χ3v) is 3.42. The molecule has 1 aromatic heterocycles. The second kappa shape index (κ2) is 5.30. The van der Waals surface area contributed by atoms with Crippen molar-refractivity contribution in [3.8, 4) is 0 Å². The van der Waals surface area contributed by atoms with Crippen LogP contribution >= 0.6 is 0 Å². The van der Waals surface area contributed by atoms with Gasteiger partial charge in [-0.15, -0.1) is 0 Å². The molecule has 0 bridgehead atoms. The monoisotopic (exact) mass is 251 g/mol. The van der Waals surface area contributed by atoms with E-state index in [0.717, 1.165) is 31.8 Å². The number of carbonyl (C=O) groups excluding carboxylic acids is 1. The van der Waals surface area contributed by atoms with E-state index in [1.807, 2.05) is 0 Å². The van der Waals surface area contributed by atoms with Crippen molar-refractivity contribution >= 4 is 11.5 Å². The van der Waals surface area contributed by atoms with Crippen LogP contribution in [0.1, 0.15) is 30.3 Å². The van der Waals surface area contributed by atoms with Gasteiger partial charge in [-0.3, -0.25) is 19.8 Å². The highest BCUT2D eigenvalue weighted by molar-refractivity contribution is 5.96. The summed E-state index contributed by atoms with van der Waals surface area (Å²) in [7, 11) is 0. The summed E-state index contributed by atoms with van der Waals surface area (Å²) >= 11 is 0. The molecule has 0 atom stereocenters. The molecule has 1 aliphatic rings. The Kier molecular flexibility index (Phi) is 3.76. The fraction of sp³-hybridized carbons (Fsp3) is 0.583. The third-order valence-electron chi connectivity index (χ3n) is 3.42. The van der Waals surface area contributed by atoms with Gasteiger partial charge in [-0.1, -0.05) is 6.92 Å². The summed E-state index contributed by atoms with van der Waals surface area (Å²) in [6.45, 7) is 4.41. The number of carbonyl (C=O) groups is 1. The van der Waals surface area contributed by atoms with Crippen molar-refractivity contribution in [2.75, 3.05) is 19.6 Å². The Morgan fingerprint density at radius 2 is 2.22 bits per heavy atom. The lowest BCUT2D eigenvalue weighted by atomic mass is 9.99. The van der Waals surface area contributed by atoms with Gasteiger partial charge in [0.2, 0.25) is 0 Å². The van der Waals surface area contributed by atoms with Crippen LogP contribution in [0.2, 0.25) is 0 Å². The summed E-state index contributed by atoms with van der Waals surface area (Å²) in [5, 5.41) is 10.5. The second-order valence-electron chi connectivity index (χ2n) is 4.91. The van der Waals surface area contributed by atoms with Gasteiger partial charge in [0.1, 0.15) is 0 Å². The number of H-pyrrole nitrogens is 1. The van der Waals surface area contributed by atoms with Gasteiger partial charge in [-0.05, 0) is 31.8 Å². The zero-order valence-corrected chi connectivity index (χ0v) is 10.4. The van der Waals surface area contributed by atoms with Crippen LogP contribution in [0.4, 0.5) is 5.69 Å². The number of hydrogen-bond donors (Lipinski definition) is 1. The highest BCUT2D eigenvalue weighted by Crippen LogP contribution is 2.17. The van der Waals surface area contributed by atoms with Gasteiger partial charge >= 0.3 is 0 Å². The van der Waals surface area contributed by atoms with Crippen molar-refractivity contribution < 1.29 is 9.72 Å². The lowest BCUT2D eigenvalue weighted by Gasteiger charge is -2.29. The number of aromatic nitrogens is 1. The molecule has 0 radical (unpaired) electrons. The maximum atomic E-state index is 11.9. The SMILES string of the molecule is CC1CCN(CC(=O)c2cc([N+](=O)[O-])c[nH]2)CC1. The van der Waals surface area contributed by atoms with E-state index < -0.39 is 4.92 Å². The Labute approximate surface area is 105 Å². The number of nitro groups is 1. The van der Waals surface area contributed by atoms with Gasteiger partial charge < -0.3 is 4.98 Å². The molecule has 0 aliphatic carbocycles. The molecule has 0 amide bonds. The minimum absolute atomic E-state index is 0.0642. The molecular weight excluding hydrogens is 234 g/mol. The van der Waals surface area contributed by atoms with Crippen molar-refractivity contribution in [2.45, 2.75) is 19.8 Å². The molecular formula is C12H17N3O3. The molecule has 0 spiro atoms. The van der Waals surface area contributed by atoms with Gasteiger partial charge in [0.25, 0.3) is 5.69 Å². The van der Waals surface area contributed by atoms with Gasteiger partial charge in [-0.2, -0.15) is 0 Å². The van der Waals surface area contributed by atoms with E-state index in [1.54, 1.807) is 0 Å². The van der Waals surface area contributed by atoms with Gasteiger partial charge in [0.15, 0.2) is 5.78 Å². The van der Waals surface area contributed by atoms with Crippen LogP contribution in [-0.4, -0.2) is 40.2 Å². The summed E-state index contributed by atoms with van der Waals surface area (Å²) in [6, 6.07) is 1.30. The van der Waals surface area contributed by atoms with E-state index in [0.29, 0.717) is 12.2 Å². The van der Waals surface area contributed by atoms with E-state index in [9.17, 15) is 14.9 Å². The zero-order chi connectivity index (χ0) is 13.1. The molecule has 98 valence electrons. The first-order chi connectivity index (χ1) is 8.56. The Hall–Kier alpha value is -1.69. The number of nitrogens with zero attached hydrogens (tertiary/aromatic N) is 2. The van der Waals surface area contributed by atoms with Gasteiger partial charge in [0, 0.05) is 6.07 Å². The number of rotatable bonds is 4. The van der Waals surface area contributed by atoms with Crippen LogP contribution in [0.3, 0.4) is 0 Å². The Morgan fingerprint density at radius 3 is 2.78 bits per heavy atom. The van der Waals surface area contributed by atoms with Crippen molar-refractivity contribution in [2.24, 2.45) is 5.92 Å². The predicted octanol–water partition coefficient (Wildman–Crippen LogP) is 1.84. The molecule has 2 rings (SSSR count). The maximum Gasteiger partial charge on any atom is 0.287 e. The standard InChI is InChI=1S/C12H17N3O3/c1-9-2-4-14(5-3-9)8-12(16)11-6-10(7-13-11)15(17)18/h6-7,9,13H,2-5,8H2,1H3. The fourth-order valence-corrected chi connectivity index (χ4v) is 2.16. The fourth-order valence-electron chi connectivity index (χ4n) is 2.16. The van der Waals surface area contributed by atoms with E-state index in [4.69, 9.17) is 0 Å². The predicted molar refractivity (Wildman–Crippen MR) is 66.6 cm³/mol. The number of Topliss-reactive ketones (excluding diaryl/α,β-unsaturated/α-hetero) is 1. The molecule has 1 aromatic rings. The van der Waals surface area contributed by atoms with Crippen molar-refractivity contribution in [1.82, 2.24) is 9.88 Å². The van der Waals surface area contributed by atoms with Crippen LogP contribution in [0, 0.1) is 16.0 Å². The number of piperidine rings is 1. The first-order valence-electron chi connectivity index (χ1n) is 6.14. The number of likely N-dealkylation sites (tertiary alicyclic amines) is 1. The molecule has 18 heavy (non-hydrogen) atoms. The molecule has 1 saturated heterocycles. The van der Waals surface area contributed by atoms with Crippen molar-refractivity contribution in [3.63, 3.8) is 0 Å². The Morgan fingerprint density at radius 1 is 1.56 bits per heavy atom.